The number of carbonyl (C=O) groups excluding carboxylic acids is 2. The fraction of sp³-hybridized carbons (Fsp3) is 0.375. The average Bonchev–Trinajstić information content (AvgIpc) is 3.34. The fourth-order valence-corrected chi connectivity index (χ4v) is 4.07. The predicted octanol–water partition coefficient (Wildman–Crippen LogP) is 2.27. The molecule has 0 atom stereocenters. The Balaban J connectivity index is 1.35. The minimum absolute atomic E-state index is 0.00779. The van der Waals surface area contributed by atoms with Crippen molar-refractivity contribution in [2.75, 3.05) is 25.0 Å². The van der Waals surface area contributed by atoms with Gasteiger partial charge in [0.2, 0.25) is 5.91 Å². The minimum Gasteiger partial charge on any atom is -0.341 e. The second-order valence-electron chi connectivity index (χ2n) is 8.45. The quantitative estimate of drug-likeness (QED) is 0.645. The van der Waals surface area contributed by atoms with Crippen molar-refractivity contribution in [3.8, 4) is 0 Å². The Kier molecular flexibility index (Phi) is 6.39. The van der Waals surface area contributed by atoms with Crippen molar-refractivity contribution < 1.29 is 9.59 Å². The second-order valence-corrected chi connectivity index (χ2v) is 8.45. The molecule has 172 valence electrons. The lowest BCUT2D eigenvalue weighted by atomic mass is 9.93. The molecule has 0 bridgehead atoms. The number of nitrogens with zero attached hydrogens (tertiary/aromatic N) is 5. The topological polar surface area (TPSA) is 104 Å². The van der Waals surface area contributed by atoms with E-state index in [4.69, 9.17) is 0 Å². The number of amides is 2. The molecule has 0 spiro atoms. The maximum absolute atomic E-state index is 12.8. The Morgan fingerprint density at radius 1 is 1.15 bits per heavy atom. The van der Waals surface area contributed by atoms with E-state index >= 15 is 0 Å². The van der Waals surface area contributed by atoms with E-state index in [2.05, 4.69) is 15.2 Å². The van der Waals surface area contributed by atoms with Crippen molar-refractivity contribution in [1.29, 1.82) is 0 Å². The van der Waals surface area contributed by atoms with Gasteiger partial charge in [0.25, 0.3) is 11.5 Å². The standard InChI is InChI=1S/C24H28N6O3/c1-16-17(2)25-15-30(23(16)32)14-22(31)29-11-9-18(10-12-29)20-13-21(27-26-20)24(33)28(3)19-7-5-4-6-8-19/h4-8,13,15,18H,9-12,14H2,1-3H3,(H,26,27). The van der Waals surface area contributed by atoms with Crippen molar-refractivity contribution in [2.45, 2.75) is 39.2 Å². The van der Waals surface area contributed by atoms with Crippen molar-refractivity contribution in [2.24, 2.45) is 0 Å². The highest BCUT2D eigenvalue weighted by Gasteiger charge is 2.27. The first-order chi connectivity index (χ1) is 15.8. The van der Waals surface area contributed by atoms with Crippen molar-refractivity contribution in [3.05, 3.63) is 75.7 Å². The van der Waals surface area contributed by atoms with E-state index in [9.17, 15) is 14.4 Å². The van der Waals surface area contributed by atoms with Crippen LogP contribution in [0.15, 0.2) is 47.5 Å². The summed E-state index contributed by atoms with van der Waals surface area (Å²) in [7, 11) is 1.73. The number of aryl methyl sites for hydroxylation is 1. The largest absolute Gasteiger partial charge is 0.341 e. The van der Waals surface area contributed by atoms with E-state index in [0.29, 0.717) is 30.0 Å². The van der Waals surface area contributed by atoms with Crippen LogP contribution in [0.4, 0.5) is 5.69 Å². The second kappa shape index (κ2) is 9.40. The van der Waals surface area contributed by atoms with Crippen LogP contribution in [0, 0.1) is 13.8 Å². The SMILES string of the molecule is Cc1ncn(CC(=O)N2CCC(c3cc(C(=O)N(C)c4ccccc4)n[nH]3)CC2)c(=O)c1C. The molecule has 1 fully saturated rings. The van der Waals surface area contributed by atoms with Gasteiger partial charge in [0.05, 0.1) is 6.33 Å². The number of piperidine rings is 1. The molecule has 0 unspecified atom stereocenters. The van der Waals surface area contributed by atoms with Crippen LogP contribution in [0.5, 0.6) is 0 Å². The van der Waals surface area contributed by atoms with E-state index in [-0.39, 0.29) is 29.8 Å². The van der Waals surface area contributed by atoms with Crippen LogP contribution in [0.3, 0.4) is 0 Å². The molecule has 2 aromatic heterocycles. The third-order valence-electron chi connectivity index (χ3n) is 6.37. The monoisotopic (exact) mass is 448 g/mol. The molecule has 1 aliphatic rings. The third kappa shape index (κ3) is 4.72. The van der Waals surface area contributed by atoms with Gasteiger partial charge >= 0.3 is 0 Å². The summed E-state index contributed by atoms with van der Waals surface area (Å²) in [4.78, 5) is 45.4. The van der Waals surface area contributed by atoms with Gasteiger partial charge in [-0.1, -0.05) is 18.2 Å². The molecule has 3 heterocycles. The molecule has 0 radical (unpaired) electrons. The van der Waals surface area contributed by atoms with Gasteiger partial charge in [-0.25, -0.2) is 4.98 Å². The molecule has 1 aromatic carbocycles. The Labute approximate surface area is 192 Å². The number of nitrogens with one attached hydrogen (secondary N) is 1. The summed E-state index contributed by atoms with van der Waals surface area (Å²) in [6.07, 6.45) is 2.96. The Morgan fingerprint density at radius 3 is 2.55 bits per heavy atom. The highest BCUT2D eigenvalue weighted by molar-refractivity contribution is 6.04. The molecular weight excluding hydrogens is 420 g/mol. The molecule has 33 heavy (non-hydrogen) atoms. The number of rotatable bonds is 5. The molecule has 0 aliphatic carbocycles. The van der Waals surface area contributed by atoms with Gasteiger partial charge in [0, 0.05) is 48.7 Å². The lowest BCUT2D eigenvalue weighted by molar-refractivity contribution is -0.133. The van der Waals surface area contributed by atoms with E-state index in [1.54, 1.807) is 30.7 Å². The van der Waals surface area contributed by atoms with Crippen LogP contribution in [0.25, 0.3) is 0 Å². The van der Waals surface area contributed by atoms with Gasteiger partial charge in [-0.2, -0.15) is 5.10 Å². The number of aromatic amines is 1. The summed E-state index contributed by atoms with van der Waals surface area (Å²) in [6, 6.07) is 11.2. The van der Waals surface area contributed by atoms with Gasteiger partial charge < -0.3 is 9.80 Å². The van der Waals surface area contributed by atoms with Crippen molar-refractivity contribution >= 4 is 17.5 Å². The zero-order chi connectivity index (χ0) is 23.5. The van der Waals surface area contributed by atoms with Crippen LogP contribution in [-0.4, -0.2) is 56.6 Å². The number of carbonyl (C=O) groups is 2. The van der Waals surface area contributed by atoms with E-state index in [1.165, 1.54) is 10.9 Å². The molecule has 4 rings (SSSR count). The lowest BCUT2D eigenvalue weighted by Crippen LogP contribution is -2.41. The van der Waals surface area contributed by atoms with E-state index < -0.39 is 0 Å². The van der Waals surface area contributed by atoms with Crippen molar-refractivity contribution in [1.82, 2.24) is 24.6 Å². The predicted molar refractivity (Wildman–Crippen MR) is 124 cm³/mol. The number of para-hydroxylation sites is 1. The van der Waals surface area contributed by atoms with Gasteiger partial charge in [-0.05, 0) is 44.9 Å². The molecular formula is C24H28N6O3. The summed E-state index contributed by atoms with van der Waals surface area (Å²) in [6.45, 7) is 4.66. The fourth-order valence-electron chi connectivity index (χ4n) is 4.07. The molecule has 9 heteroatoms. The zero-order valence-electron chi connectivity index (χ0n) is 19.1. The maximum Gasteiger partial charge on any atom is 0.278 e. The number of likely N-dealkylation sites (tertiary alicyclic amines) is 1. The van der Waals surface area contributed by atoms with Crippen LogP contribution >= 0.6 is 0 Å². The minimum atomic E-state index is -0.180. The third-order valence-corrected chi connectivity index (χ3v) is 6.37. The number of hydrogen-bond donors (Lipinski definition) is 1. The number of aromatic nitrogens is 4. The summed E-state index contributed by atoms with van der Waals surface area (Å²) in [5, 5.41) is 7.24. The van der Waals surface area contributed by atoms with Crippen LogP contribution < -0.4 is 10.5 Å². The first kappa shape index (κ1) is 22.4. The van der Waals surface area contributed by atoms with Gasteiger partial charge in [0.1, 0.15) is 6.54 Å². The smallest absolute Gasteiger partial charge is 0.278 e. The highest BCUT2D eigenvalue weighted by atomic mass is 16.2. The maximum atomic E-state index is 12.8. The number of hydrogen-bond acceptors (Lipinski definition) is 5. The number of benzene rings is 1. The van der Waals surface area contributed by atoms with E-state index in [0.717, 1.165) is 24.2 Å². The number of H-pyrrole nitrogens is 1. The molecule has 0 saturated carbocycles. The van der Waals surface area contributed by atoms with Gasteiger partial charge in [-0.3, -0.25) is 24.0 Å². The molecule has 9 nitrogen and oxygen atoms in total. The van der Waals surface area contributed by atoms with Gasteiger partial charge in [-0.15, -0.1) is 0 Å². The van der Waals surface area contributed by atoms with Crippen LogP contribution in [-0.2, 0) is 11.3 Å². The summed E-state index contributed by atoms with van der Waals surface area (Å²) in [5.41, 5.74) is 3.14. The summed E-state index contributed by atoms with van der Waals surface area (Å²) in [5.74, 6) is -0.0783. The molecule has 2 amide bonds. The van der Waals surface area contributed by atoms with Crippen LogP contribution in [0.1, 0.15) is 46.2 Å². The molecule has 1 N–H and O–H groups in total. The summed E-state index contributed by atoms with van der Waals surface area (Å²) >= 11 is 0. The molecule has 1 aliphatic heterocycles. The van der Waals surface area contributed by atoms with Crippen molar-refractivity contribution in [3.63, 3.8) is 0 Å². The lowest BCUT2D eigenvalue weighted by Gasteiger charge is -2.31. The highest BCUT2D eigenvalue weighted by Crippen LogP contribution is 2.27. The Hall–Kier alpha value is -3.75. The molecule has 1 saturated heterocycles. The first-order valence-corrected chi connectivity index (χ1v) is 11.0. The van der Waals surface area contributed by atoms with E-state index in [1.807, 2.05) is 36.4 Å². The van der Waals surface area contributed by atoms with Crippen LogP contribution in [0.2, 0.25) is 0 Å². The zero-order valence-corrected chi connectivity index (χ0v) is 19.1. The summed E-state index contributed by atoms with van der Waals surface area (Å²) < 4.78 is 1.37. The Morgan fingerprint density at radius 2 is 1.85 bits per heavy atom. The first-order valence-electron chi connectivity index (χ1n) is 11.0. The Bertz CT molecular complexity index is 1210. The normalized spacial score (nSPS) is 14.3. The van der Waals surface area contributed by atoms with Gasteiger partial charge in [0.15, 0.2) is 5.69 Å². The average molecular weight is 449 g/mol. The number of anilines is 1. The molecule has 3 aromatic rings.